The van der Waals surface area contributed by atoms with E-state index in [9.17, 15) is 19.5 Å². The van der Waals surface area contributed by atoms with E-state index in [1.165, 1.54) is 4.68 Å². The van der Waals surface area contributed by atoms with Crippen LogP contribution in [0.15, 0.2) is 29.1 Å². The van der Waals surface area contributed by atoms with E-state index in [0.717, 1.165) is 0 Å². The maximum atomic E-state index is 12.3. The summed E-state index contributed by atoms with van der Waals surface area (Å²) in [5, 5.41) is 15.6. The van der Waals surface area contributed by atoms with Gasteiger partial charge >= 0.3 is 29.6 Å². The number of carbonyl (C=O) groups is 2. The van der Waals surface area contributed by atoms with Gasteiger partial charge in [0.1, 0.15) is 0 Å². The Morgan fingerprint density at radius 2 is 1.79 bits per heavy atom. The maximum Gasteiger partial charge on any atom is 1.00 e. The van der Waals surface area contributed by atoms with Crippen LogP contribution in [0.25, 0.3) is 5.69 Å². The molecule has 0 aliphatic carbocycles. The molecule has 120 valence electrons. The second-order valence-corrected chi connectivity index (χ2v) is 5.24. The van der Waals surface area contributed by atoms with Gasteiger partial charge in [0, 0.05) is 11.4 Å². The van der Waals surface area contributed by atoms with Gasteiger partial charge in [0.05, 0.1) is 22.9 Å². The summed E-state index contributed by atoms with van der Waals surface area (Å²) in [6, 6.07) is 6.46. The minimum absolute atomic E-state index is 0. The third-order valence-corrected chi connectivity index (χ3v) is 3.64. The molecule has 0 N–H and O–H groups in total. The molecule has 0 bridgehead atoms. The van der Waals surface area contributed by atoms with Crippen LogP contribution < -0.4 is 40.1 Å². The standard InChI is InChI=1S/C16H15ClN2O4.Na/c1-3-11-13(12(20)4-2)15(21)14(16(22)23)18-19(11)10-7-5-9(17)6-8-10;/h5-8H,3-4H2,1-2H3,(H,22,23);/q;+1/p-1. The van der Waals surface area contributed by atoms with Crippen molar-refractivity contribution in [3.05, 3.63) is 56.5 Å². The molecule has 0 aliphatic rings. The molecule has 6 nitrogen and oxygen atoms in total. The topological polar surface area (TPSA) is 92.1 Å². The minimum atomic E-state index is -1.72. The van der Waals surface area contributed by atoms with Gasteiger partial charge in [-0.3, -0.25) is 9.59 Å². The molecule has 2 aromatic rings. The first-order chi connectivity index (χ1) is 10.9. The summed E-state index contributed by atoms with van der Waals surface area (Å²) in [6.07, 6.45) is 0.415. The van der Waals surface area contributed by atoms with Gasteiger partial charge < -0.3 is 9.90 Å². The first kappa shape index (κ1) is 20.6. The molecule has 0 radical (unpaired) electrons. The van der Waals surface area contributed by atoms with Gasteiger partial charge in [-0.2, -0.15) is 5.10 Å². The molecule has 0 saturated heterocycles. The summed E-state index contributed by atoms with van der Waals surface area (Å²) in [6.45, 7) is 3.36. The van der Waals surface area contributed by atoms with Crippen molar-refractivity contribution in [2.75, 3.05) is 0 Å². The van der Waals surface area contributed by atoms with E-state index in [1.807, 2.05) is 0 Å². The van der Waals surface area contributed by atoms with Crippen LogP contribution in [0.3, 0.4) is 0 Å². The molecule has 1 aromatic carbocycles. The van der Waals surface area contributed by atoms with Crippen molar-refractivity contribution >= 4 is 23.4 Å². The van der Waals surface area contributed by atoms with Crippen molar-refractivity contribution < 1.29 is 44.3 Å². The number of carboxylic acids is 1. The number of Topliss-reactive ketones (excluding diaryl/α,β-unsaturated/α-hetero) is 1. The molecule has 8 heteroatoms. The fraction of sp³-hybridized carbons (Fsp3) is 0.250. The van der Waals surface area contributed by atoms with Gasteiger partial charge in [-0.1, -0.05) is 25.4 Å². The summed E-state index contributed by atoms with van der Waals surface area (Å²) in [4.78, 5) is 35.6. The van der Waals surface area contributed by atoms with E-state index >= 15 is 0 Å². The average Bonchev–Trinajstić information content (AvgIpc) is 2.54. The van der Waals surface area contributed by atoms with Gasteiger partial charge in [-0.25, -0.2) is 4.68 Å². The molecule has 0 aliphatic heterocycles. The Morgan fingerprint density at radius 1 is 1.21 bits per heavy atom. The number of rotatable bonds is 5. The minimum Gasteiger partial charge on any atom is -0.543 e. The second kappa shape index (κ2) is 8.58. The third-order valence-electron chi connectivity index (χ3n) is 3.39. The first-order valence-corrected chi connectivity index (χ1v) is 7.45. The predicted molar refractivity (Wildman–Crippen MR) is 83.2 cm³/mol. The van der Waals surface area contributed by atoms with Crippen LogP contribution in [0.1, 0.15) is 46.8 Å². The van der Waals surface area contributed by atoms with Gasteiger partial charge in [0.2, 0.25) is 5.43 Å². The monoisotopic (exact) mass is 356 g/mol. The van der Waals surface area contributed by atoms with Crippen LogP contribution in [0.2, 0.25) is 5.02 Å². The van der Waals surface area contributed by atoms with E-state index in [-0.39, 0.29) is 41.5 Å². The van der Waals surface area contributed by atoms with Gasteiger partial charge in [0.15, 0.2) is 11.5 Å². The Labute approximate surface area is 165 Å². The smallest absolute Gasteiger partial charge is 0.543 e. The first-order valence-electron chi connectivity index (χ1n) is 7.07. The van der Waals surface area contributed by atoms with Crippen LogP contribution in [0, 0.1) is 0 Å². The van der Waals surface area contributed by atoms with E-state index in [4.69, 9.17) is 11.6 Å². The molecule has 1 heterocycles. The zero-order valence-electron chi connectivity index (χ0n) is 13.6. The molecule has 0 unspecified atom stereocenters. The zero-order valence-corrected chi connectivity index (χ0v) is 16.4. The Kier molecular flexibility index (Phi) is 7.35. The number of ketones is 1. The SMILES string of the molecule is CCC(=O)c1c(CC)n(-c2ccc(Cl)cc2)nc(C(=O)[O-])c1=O.[Na+]. The Bertz CT molecular complexity index is 831. The van der Waals surface area contributed by atoms with E-state index in [0.29, 0.717) is 22.8 Å². The van der Waals surface area contributed by atoms with Crippen LogP contribution in [-0.2, 0) is 6.42 Å². The van der Waals surface area contributed by atoms with Crippen LogP contribution in [0.5, 0.6) is 0 Å². The molecular weight excluding hydrogens is 343 g/mol. The van der Waals surface area contributed by atoms with Crippen molar-refractivity contribution in [3.8, 4) is 5.69 Å². The van der Waals surface area contributed by atoms with Crippen molar-refractivity contribution in [3.63, 3.8) is 0 Å². The number of benzene rings is 1. The predicted octanol–water partition coefficient (Wildman–Crippen LogP) is -1.59. The molecule has 0 spiro atoms. The summed E-state index contributed by atoms with van der Waals surface area (Å²) in [7, 11) is 0. The van der Waals surface area contributed by atoms with E-state index < -0.39 is 22.9 Å². The summed E-state index contributed by atoms with van der Waals surface area (Å²) >= 11 is 5.85. The van der Waals surface area contributed by atoms with Crippen LogP contribution in [-0.4, -0.2) is 21.5 Å². The largest absolute Gasteiger partial charge is 1.00 e. The van der Waals surface area contributed by atoms with Crippen molar-refractivity contribution in [2.45, 2.75) is 26.7 Å². The Balaban J connectivity index is 0.00000288. The molecule has 1 aromatic heterocycles. The third kappa shape index (κ3) is 3.95. The maximum absolute atomic E-state index is 12.3. The zero-order chi connectivity index (χ0) is 17.1. The number of aromatic carboxylic acids is 1. The number of hydrogen-bond acceptors (Lipinski definition) is 5. The number of halogens is 1. The number of aromatic nitrogens is 2. The number of nitrogens with zero attached hydrogens (tertiary/aromatic N) is 2. The van der Waals surface area contributed by atoms with E-state index in [1.54, 1.807) is 38.1 Å². The Hall–Kier alpha value is -1.47. The normalized spacial score (nSPS) is 10.1. The van der Waals surface area contributed by atoms with Crippen molar-refractivity contribution in [1.82, 2.24) is 9.78 Å². The molecule has 0 atom stereocenters. The molecule has 0 amide bonds. The number of hydrogen-bond donors (Lipinski definition) is 0. The fourth-order valence-electron chi connectivity index (χ4n) is 2.28. The number of carbonyl (C=O) groups excluding carboxylic acids is 2. The number of carboxylic acid groups (broad SMARTS) is 1. The molecular formula is C16H14ClN2NaO4. The molecule has 2 rings (SSSR count). The average molecular weight is 357 g/mol. The van der Waals surface area contributed by atoms with Crippen LogP contribution in [0.4, 0.5) is 0 Å². The second-order valence-electron chi connectivity index (χ2n) is 4.81. The van der Waals surface area contributed by atoms with Crippen molar-refractivity contribution in [2.24, 2.45) is 0 Å². The van der Waals surface area contributed by atoms with Gasteiger partial charge in [-0.05, 0) is 30.7 Å². The fourth-order valence-corrected chi connectivity index (χ4v) is 2.41. The van der Waals surface area contributed by atoms with E-state index in [2.05, 4.69) is 5.10 Å². The molecule has 0 saturated carbocycles. The summed E-state index contributed by atoms with van der Waals surface area (Å²) in [5.41, 5.74) is -0.986. The Morgan fingerprint density at radius 3 is 2.25 bits per heavy atom. The molecule has 24 heavy (non-hydrogen) atoms. The van der Waals surface area contributed by atoms with Gasteiger partial charge in [0.25, 0.3) is 0 Å². The quantitative estimate of drug-likeness (QED) is 0.476. The van der Waals surface area contributed by atoms with Gasteiger partial charge in [-0.15, -0.1) is 0 Å². The summed E-state index contributed by atoms with van der Waals surface area (Å²) in [5.74, 6) is -2.15. The van der Waals surface area contributed by atoms with Crippen LogP contribution >= 0.6 is 11.6 Å². The summed E-state index contributed by atoms with van der Waals surface area (Å²) < 4.78 is 1.28. The van der Waals surface area contributed by atoms with Crippen molar-refractivity contribution in [1.29, 1.82) is 0 Å². The molecule has 0 fully saturated rings.